The van der Waals surface area contributed by atoms with Crippen LogP contribution in [0.4, 0.5) is 0 Å². The van der Waals surface area contributed by atoms with Crippen molar-refractivity contribution in [3.63, 3.8) is 0 Å². The van der Waals surface area contributed by atoms with Crippen LogP contribution in [0.2, 0.25) is 0 Å². The molecule has 0 radical (unpaired) electrons. The minimum absolute atomic E-state index is 0. The molecule has 67 heavy (non-hydrogen) atoms. The van der Waals surface area contributed by atoms with E-state index in [0.717, 1.165) is 89.1 Å². The summed E-state index contributed by atoms with van der Waals surface area (Å²) in [6.07, 6.45) is 3.54. The smallest absolute Gasteiger partial charge is 0.503 e. The Kier molecular flexibility index (Phi) is 13.1. The van der Waals surface area contributed by atoms with Crippen LogP contribution in [-0.4, -0.2) is 24.5 Å². The van der Waals surface area contributed by atoms with Crippen molar-refractivity contribution < 1.29 is 51.0 Å². The van der Waals surface area contributed by atoms with E-state index in [1.54, 1.807) is 12.4 Å². The molecule has 0 aliphatic carbocycles. The number of rotatable bonds is 10. The molecule has 9 heteroatoms. The van der Waals surface area contributed by atoms with Crippen molar-refractivity contribution >= 4 is 21.8 Å². The van der Waals surface area contributed by atoms with Crippen LogP contribution >= 0.6 is 0 Å². The number of aryl methyl sites for hydroxylation is 2. The van der Waals surface area contributed by atoms with Crippen LogP contribution in [0, 0.1) is 38.1 Å². The van der Waals surface area contributed by atoms with Gasteiger partial charge in [0.05, 0.1) is 11.4 Å². The third kappa shape index (κ3) is 9.26. The van der Waals surface area contributed by atoms with E-state index in [1.807, 2.05) is 128 Å². The zero-order valence-electron chi connectivity index (χ0n) is 36.1. The third-order valence-electron chi connectivity index (χ3n) is 11.3. The fourth-order valence-corrected chi connectivity index (χ4v) is 8.32. The van der Waals surface area contributed by atoms with Crippen LogP contribution in [-0.2, 0) is 41.5 Å². The molecule has 0 aliphatic rings. The maximum Gasteiger partial charge on any atom is 2.00 e. The van der Waals surface area contributed by atoms with Crippen LogP contribution in [0.15, 0.2) is 188 Å². The Morgan fingerprint density at radius 2 is 0.851 bits per heavy atom. The van der Waals surface area contributed by atoms with Gasteiger partial charge in [0.2, 0.25) is 5.95 Å². The van der Waals surface area contributed by atoms with E-state index in [0.29, 0.717) is 28.9 Å². The summed E-state index contributed by atoms with van der Waals surface area (Å²) in [5.74, 6) is 2.56. The van der Waals surface area contributed by atoms with E-state index >= 15 is 0 Å². The zero-order chi connectivity index (χ0) is 43.7. The first-order chi connectivity index (χ1) is 32.0. The summed E-state index contributed by atoms with van der Waals surface area (Å²) in [6.45, 7) is 4.09. The second kappa shape index (κ2) is 19.6. The molecule has 7 nitrogen and oxygen atoms in total. The Hall–Kier alpha value is -7.33. The van der Waals surface area contributed by atoms with Gasteiger partial charge in [-0.15, -0.1) is 71.8 Å². The average molecular weight is 1140 g/mol. The second-order valence-corrected chi connectivity index (χ2v) is 15.6. The molecule has 0 bridgehead atoms. The maximum atomic E-state index is 6.47. The Morgan fingerprint density at radius 1 is 0.418 bits per heavy atom. The number of pyridine rings is 2. The summed E-state index contributed by atoms with van der Waals surface area (Å²) >= 11 is 0. The summed E-state index contributed by atoms with van der Waals surface area (Å²) in [5.41, 5.74) is 12.9. The van der Waals surface area contributed by atoms with Gasteiger partial charge in [0.1, 0.15) is 0 Å². The largest absolute Gasteiger partial charge is 2.00 e. The molecule has 0 N–H and O–H groups in total. The van der Waals surface area contributed by atoms with Crippen LogP contribution < -0.4 is 9.47 Å². The summed E-state index contributed by atoms with van der Waals surface area (Å²) in [4.78, 5) is 19.6. The van der Waals surface area contributed by atoms with E-state index < -0.39 is 0 Å². The Morgan fingerprint density at radius 3 is 1.30 bits per heavy atom. The molecule has 0 unspecified atom stereocenters. The van der Waals surface area contributed by atoms with Gasteiger partial charge < -0.3 is 24.0 Å². The molecule has 0 atom stereocenters. The van der Waals surface area contributed by atoms with Gasteiger partial charge in [-0.25, -0.2) is 9.97 Å². The molecular formula is C58H37N5O2PdPt. The zero-order valence-corrected chi connectivity index (χ0v) is 39.9. The van der Waals surface area contributed by atoms with Gasteiger partial charge in [-0.3, -0.25) is 0 Å². The number of fused-ring (bicyclic) bond motifs is 3. The molecule has 0 fully saturated rings. The van der Waals surface area contributed by atoms with E-state index in [-0.39, 0.29) is 41.5 Å². The molecule has 0 spiro atoms. The van der Waals surface area contributed by atoms with Gasteiger partial charge in [0.25, 0.3) is 0 Å². The number of aromatic nitrogens is 5. The van der Waals surface area contributed by atoms with Gasteiger partial charge in [-0.05, 0) is 83.4 Å². The maximum absolute atomic E-state index is 6.47. The van der Waals surface area contributed by atoms with Crippen molar-refractivity contribution in [2.75, 3.05) is 0 Å². The predicted octanol–water partition coefficient (Wildman–Crippen LogP) is 14.1. The molecular weight excluding hydrogens is 1100 g/mol. The molecule has 11 rings (SSSR count). The van der Waals surface area contributed by atoms with E-state index in [2.05, 4.69) is 101 Å². The van der Waals surface area contributed by atoms with E-state index in [4.69, 9.17) is 19.4 Å². The summed E-state index contributed by atoms with van der Waals surface area (Å²) in [6, 6.07) is 72.6. The van der Waals surface area contributed by atoms with Crippen molar-refractivity contribution in [1.82, 2.24) is 24.5 Å². The van der Waals surface area contributed by atoms with E-state index in [9.17, 15) is 0 Å². The van der Waals surface area contributed by atoms with Gasteiger partial charge in [0.15, 0.2) is 0 Å². The van der Waals surface area contributed by atoms with Crippen LogP contribution in [0.3, 0.4) is 0 Å². The average Bonchev–Trinajstić information content (AvgIpc) is 3.67. The normalized spacial score (nSPS) is 10.9. The number of benzene rings is 7. The SMILES string of the molecule is Cc1nc(-n2c3[c-]c(Oc4[c-]c(-c5ccccn5)ccc4)ccc3c3ccc(Oc4[c-]c(-c5ccccn5)ccc4)[c-]c32)nc(C)c1-c1cc(-c2ccccc2)cc(-c2ccccc2)c1.[Pd+2].[Pt+2]. The second-order valence-electron chi connectivity index (χ2n) is 15.6. The monoisotopic (exact) mass is 1140 g/mol. The van der Waals surface area contributed by atoms with Crippen molar-refractivity contribution in [3.05, 3.63) is 224 Å². The number of hydrogen-bond acceptors (Lipinski definition) is 6. The molecule has 0 saturated heterocycles. The van der Waals surface area contributed by atoms with Crippen molar-refractivity contribution in [1.29, 1.82) is 0 Å². The molecule has 0 aliphatic heterocycles. The summed E-state index contributed by atoms with van der Waals surface area (Å²) in [7, 11) is 0. The molecule has 11 aromatic rings. The fourth-order valence-electron chi connectivity index (χ4n) is 8.32. The molecule has 4 aromatic heterocycles. The number of ether oxygens (including phenoxy) is 2. The minimum Gasteiger partial charge on any atom is -0.503 e. The molecule has 326 valence electrons. The molecule has 7 aromatic carbocycles. The van der Waals surface area contributed by atoms with Crippen LogP contribution in [0.1, 0.15) is 11.4 Å². The number of hydrogen-bond donors (Lipinski definition) is 0. The topological polar surface area (TPSA) is 75.0 Å². The third-order valence-corrected chi connectivity index (χ3v) is 11.3. The Balaban J connectivity index is 0.00000281. The van der Waals surface area contributed by atoms with Crippen molar-refractivity contribution in [3.8, 4) is 84.8 Å². The number of nitrogens with zero attached hydrogens (tertiary/aromatic N) is 5. The first-order valence-electron chi connectivity index (χ1n) is 21.3. The standard InChI is InChI=1S/C58H37N5O2.Pd.Pt/c1-38-57(46-32-44(40-15-5-3-6-16-40)31-45(33-46)41-17-7-4-8-18-41)39(2)62-58(61-38)63-55-36-49(64-47-21-13-19-42(34-47)53-23-9-11-29-59-53)25-27-51(55)52-28-26-50(37-56(52)63)65-48-22-14-20-43(35-48)54-24-10-12-30-60-54;;/h3-33H,1-2H3;;/q-4;2*+2. The van der Waals surface area contributed by atoms with E-state index in [1.165, 1.54) is 0 Å². The van der Waals surface area contributed by atoms with Crippen molar-refractivity contribution in [2.45, 2.75) is 13.8 Å². The summed E-state index contributed by atoms with van der Waals surface area (Å²) < 4.78 is 14.9. The molecule has 0 amide bonds. The Bertz CT molecular complexity index is 3290. The minimum atomic E-state index is 0. The van der Waals surface area contributed by atoms with Crippen LogP contribution in [0.5, 0.6) is 23.0 Å². The predicted molar refractivity (Wildman–Crippen MR) is 257 cm³/mol. The van der Waals surface area contributed by atoms with Gasteiger partial charge >= 0.3 is 41.5 Å². The van der Waals surface area contributed by atoms with Gasteiger partial charge in [-0.2, -0.15) is 22.9 Å². The summed E-state index contributed by atoms with van der Waals surface area (Å²) in [5, 5.41) is 1.85. The van der Waals surface area contributed by atoms with Crippen molar-refractivity contribution in [2.24, 2.45) is 0 Å². The fraction of sp³-hybridized carbons (Fsp3) is 0.0345. The Labute approximate surface area is 417 Å². The van der Waals surface area contributed by atoms with Gasteiger partial charge in [0, 0.05) is 41.0 Å². The first-order valence-corrected chi connectivity index (χ1v) is 21.3. The quantitative estimate of drug-likeness (QED) is 0.100. The van der Waals surface area contributed by atoms with Crippen LogP contribution in [0.25, 0.3) is 83.6 Å². The first kappa shape index (κ1) is 44.9. The molecule has 4 heterocycles. The van der Waals surface area contributed by atoms with Gasteiger partial charge in [-0.1, -0.05) is 108 Å². The molecule has 0 saturated carbocycles.